The summed E-state index contributed by atoms with van der Waals surface area (Å²) in [4.78, 5) is 25.0. The molecule has 0 radical (unpaired) electrons. The molecule has 0 saturated heterocycles. The molecule has 0 saturated carbocycles. The minimum atomic E-state index is -5.00. The van der Waals surface area contributed by atoms with Gasteiger partial charge in [-0.15, -0.1) is 0 Å². The summed E-state index contributed by atoms with van der Waals surface area (Å²) >= 11 is 0. The second-order valence-corrected chi connectivity index (χ2v) is 19.6. The number of rotatable bonds is 26. The van der Waals surface area contributed by atoms with Gasteiger partial charge >= 0.3 is 0 Å². The Morgan fingerprint density at radius 2 is 0.954 bits per heavy atom. The van der Waals surface area contributed by atoms with Crippen molar-refractivity contribution >= 4 is 99.7 Å². The molecule has 32 heteroatoms. The first kappa shape index (κ1) is 52.1. The van der Waals surface area contributed by atoms with Crippen molar-refractivity contribution in [2.45, 2.75) is 34.8 Å². The molecule has 358 valence electrons. The molecular formula is C33H46N12O16S4. The molecule has 2 aromatic carbocycles. The Labute approximate surface area is 372 Å². The summed E-state index contributed by atoms with van der Waals surface area (Å²) in [5, 5.41) is 51.1. The van der Waals surface area contributed by atoms with Crippen LogP contribution in [0.5, 0.6) is 0 Å². The van der Waals surface area contributed by atoms with Crippen molar-refractivity contribution in [3.05, 3.63) is 47.5 Å². The van der Waals surface area contributed by atoms with Gasteiger partial charge in [-0.1, -0.05) is 24.3 Å². The third kappa shape index (κ3) is 17.8. The number of hydrogen-bond donors (Lipinski definition) is 13. The van der Waals surface area contributed by atoms with Crippen molar-refractivity contribution in [1.29, 1.82) is 0 Å². The molecule has 13 N–H and O–H groups in total. The van der Waals surface area contributed by atoms with Gasteiger partial charge in [-0.2, -0.15) is 63.6 Å². The van der Waals surface area contributed by atoms with Gasteiger partial charge in [0.2, 0.25) is 35.7 Å². The Kier molecular flexibility index (Phi) is 18.1. The normalized spacial score (nSPS) is 13.3. The number of aliphatic hydroxyl groups is 4. The third-order valence-corrected chi connectivity index (χ3v) is 11.7. The molecule has 0 aliphatic carbocycles. The van der Waals surface area contributed by atoms with Gasteiger partial charge in [0.15, 0.2) is 0 Å². The Morgan fingerprint density at radius 1 is 0.569 bits per heavy atom. The van der Waals surface area contributed by atoms with Gasteiger partial charge < -0.3 is 51.9 Å². The second kappa shape index (κ2) is 22.6. The zero-order chi connectivity index (χ0) is 48.2. The highest BCUT2D eigenvalue weighted by atomic mass is 32.2. The van der Waals surface area contributed by atoms with E-state index in [1.165, 1.54) is 36.2 Å². The molecular weight excluding hydrogens is 949 g/mol. The van der Waals surface area contributed by atoms with E-state index in [0.29, 0.717) is 0 Å². The SMILES string of the molecule is CN(CCC(O)CO)c1nc(NCCS(=O)(=O)O)nc(Nc2ccc(C=Cc3ccc(Nc4nc(NCCC(O)CO)nc(NCCS(=O)(=O)O)n4)cc3S(=O)(=O)O)c(S(=O)(=O)O)c2)n1. The Morgan fingerprint density at radius 3 is 1.38 bits per heavy atom. The lowest BCUT2D eigenvalue weighted by atomic mass is 10.1. The summed E-state index contributed by atoms with van der Waals surface area (Å²) in [7, 11) is -17.2. The van der Waals surface area contributed by atoms with Crippen molar-refractivity contribution in [2.24, 2.45) is 0 Å². The highest BCUT2D eigenvalue weighted by Gasteiger charge is 2.20. The molecule has 0 fully saturated rings. The molecule has 0 spiro atoms. The Hall–Kier alpha value is -5.52. The maximum Gasteiger partial charge on any atom is 0.295 e. The fourth-order valence-corrected chi connectivity index (χ4v) is 7.34. The summed E-state index contributed by atoms with van der Waals surface area (Å²) in [6, 6.07) is 7.06. The maximum absolute atomic E-state index is 12.6. The van der Waals surface area contributed by atoms with Crippen LogP contribution in [0, 0.1) is 0 Å². The summed E-state index contributed by atoms with van der Waals surface area (Å²) in [5.41, 5.74) is -0.373. The molecule has 65 heavy (non-hydrogen) atoms. The van der Waals surface area contributed by atoms with Crippen molar-refractivity contribution in [3.63, 3.8) is 0 Å². The molecule has 28 nitrogen and oxygen atoms in total. The Bertz CT molecular complexity index is 2770. The third-order valence-electron chi connectivity index (χ3n) is 8.40. The monoisotopic (exact) mass is 994 g/mol. The average Bonchev–Trinajstić information content (AvgIpc) is 3.20. The van der Waals surface area contributed by atoms with Gasteiger partial charge in [-0.25, -0.2) is 0 Å². The van der Waals surface area contributed by atoms with Crippen molar-refractivity contribution in [2.75, 3.05) is 89.4 Å². The van der Waals surface area contributed by atoms with E-state index in [2.05, 4.69) is 56.5 Å². The van der Waals surface area contributed by atoms with Gasteiger partial charge in [0.1, 0.15) is 9.79 Å². The smallest absolute Gasteiger partial charge is 0.295 e. The average molecular weight is 995 g/mol. The molecule has 4 rings (SSSR count). The molecule has 0 amide bonds. The summed E-state index contributed by atoms with van der Waals surface area (Å²) in [6.07, 6.45) is 0.296. The molecule has 0 aliphatic heterocycles. The van der Waals surface area contributed by atoms with E-state index in [1.54, 1.807) is 0 Å². The summed E-state index contributed by atoms with van der Waals surface area (Å²) in [5.74, 6) is -2.39. The molecule has 4 aromatic rings. The van der Waals surface area contributed by atoms with Gasteiger partial charge in [0.05, 0.1) is 36.9 Å². The first-order valence-electron chi connectivity index (χ1n) is 18.7. The first-order chi connectivity index (χ1) is 30.3. The molecule has 0 bridgehead atoms. The minimum absolute atomic E-state index is 0.0144. The largest absolute Gasteiger partial charge is 0.394 e. The van der Waals surface area contributed by atoms with Crippen LogP contribution in [0.4, 0.5) is 47.1 Å². The minimum Gasteiger partial charge on any atom is -0.394 e. The van der Waals surface area contributed by atoms with Crippen molar-refractivity contribution in [3.8, 4) is 0 Å². The predicted molar refractivity (Wildman–Crippen MR) is 235 cm³/mol. The van der Waals surface area contributed by atoms with Gasteiger partial charge in [0.25, 0.3) is 40.5 Å². The van der Waals surface area contributed by atoms with Crippen LogP contribution in [0.1, 0.15) is 24.0 Å². The van der Waals surface area contributed by atoms with Crippen LogP contribution < -0.4 is 31.5 Å². The van der Waals surface area contributed by atoms with E-state index >= 15 is 0 Å². The van der Waals surface area contributed by atoms with Crippen LogP contribution in [0.25, 0.3) is 12.2 Å². The van der Waals surface area contributed by atoms with E-state index in [0.717, 1.165) is 24.3 Å². The van der Waals surface area contributed by atoms with Gasteiger partial charge in [-0.05, 0) is 48.2 Å². The lowest BCUT2D eigenvalue weighted by molar-refractivity contribution is 0.0899. The number of hydrogen-bond acceptors (Lipinski definition) is 24. The lowest BCUT2D eigenvalue weighted by Crippen LogP contribution is -2.27. The zero-order valence-corrected chi connectivity index (χ0v) is 37.2. The number of aromatic nitrogens is 6. The van der Waals surface area contributed by atoms with E-state index in [-0.39, 0.29) is 97.2 Å². The van der Waals surface area contributed by atoms with E-state index in [1.807, 2.05) is 0 Å². The fraction of sp³-hybridized carbons (Fsp3) is 0.394. The standard InChI is InChI=1S/C33H46N12O16S4/c1-45(13-9-25(49)19-47)33-43-30(36-12-15-63(53,54)55)42-32(44-33)38-23-7-5-21(27(17-23)65(59,60)61)3-2-20-4-6-22(16-26(20)64(56,57)58)37-31-40-28(34-10-8-24(48)18-46)39-29(41-31)35-11-14-62(50,51)52/h2-7,16-17,24-25,46-49H,8-15,18-19H2,1H3,(H,50,51,52)(H,53,54,55)(H,56,57,58)(H,59,60,61)(H2,36,38,42,43,44)(H3,34,35,37,39,40,41). The summed E-state index contributed by atoms with van der Waals surface area (Å²) in [6.45, 7) is -1.50. The van der Waals surface area contributed by atoms with Crippen LogP contribution in [0.15, 0.2) is 46.2 Å². The summed E-state index contributed by atoms with van der Waals surface area (Å²) < 4.78 is 134. The van der Waals surface area contributed by atoms with Crippen LogP contribution >= 0.6 is 0 Å². The van der Waals surface area contributed by atoms with Gasteiger partial charge in [0, 0.05) is 44.6 Å². The molecule has 0 aliphatic rings. The second-order valence-electron chi connectivity index (χ2n) is 13.7. The fourth-order valence-electron chi connectivity index (χ4n) is 5.20. The number of nitrogens with zero attached hydrogens (tertiary/aromatic N) is 7. The molecule has 2 unspecified atom stereocenters. The van der Waals surface area contributed by atoms with E-state index in [9.17, 15) is 58.1 Å². The number of nitrogens with one attached hydrogen (secondary N) is 5. The lowest BCUT2D eigenvalue weighted by Gasteiger charge is -2.20. The predicted octanol–water partition coefficient (Wildman–Crippen LogP) is -0.858. The van der Waals surface area contributed by atoms with Crippen LogP contribution in [-0.2, 0) is 40.5 Å². The number of aliphatic hydroxyl groups excluding tert-OH is 4. The molecule has 2 atom stereocenters. The molecule has 2 heterocycles. The van der Waals surface area contributed by atoms with Crippen LogP contribution in [0.3, 0.4) is 0 Å². The van der Waals surface area contributed by atoms with Crippen LogP contribution in [-0.4, -0.2) is 172 Å². The zero-order valence-electron chi connectivity index (χ0n) is 34.0. The Balaban J connectivity index is 1.65. The first-order valence-corrected chi connectivity index (χ1v) is 24.8. The van der Waals surface area contributed by atoms with E-state index in [4.69, 9.17) is 14.2 Å². The number of benzene rings is 2. The maximum atomic E-state index is 12.6. The molecule has 2 aromatic heterocycles. The van der Waals surface area contributed by atoms with E-state index < -0.39 is 87.2 Å². The highest BCUT2D eigenvalue weighted by molar-refractivity contribution is 7.86. The van der Waals surface area contributed by atoms with Crippen LogP contribution in [0.2, 0.25) is 0 Å². The number of anilines is 8. The quantitative estimate of drug-likeness (QED) is 0.0269. The van der Waals surface area contributed by atoms with Crippen molar-refractivity contribution in [1.82, 2.24) is 29.9 Å². The van der Waals surface area contributed by atoms with Gasteiger partial charge in [-0.3, -0.25) is 18.2 Å². The van der Waals surface area contributed by atoms with Crippen molar-refractivity contribution < 1.29 is 72.3 Å². The highest BCUT2D eigenvalue weighted by Crippen LogP contribution is 2.28. The topological polar surface area (TPSA) is 439 Å².